The highest BCUT2D eigenvalue weighted by Crippen LogP contribution is 2.15. The number of anilines is 1. The molecular formula is C15H23N5. The molecular weight excluding hydrogens is 250 g/mol. The number of hydrogen-bond donors (Lipinski definition) is 1. The van der Waals surface area contributed by atoms with Gasteiger partial charge in [0.05, 0.1) is 5.69 Å². The third-order valence-corrected chi connectivity index (χ3v) is 3.23. The third kappa shape index (κ3) is 3.35. The van der Waals surface area contributed by atoms with Gasteiger partial charge in [-0.2, -0.15) is 5.10 Å². The SMILES string of the molecule is CCc1nn(C)cc1CNc1nc(C)cc(C(C)C)n1. The van der Waals surface area contributed by atoms with Crippen molar-refractivity contribution in [1.29, 1.82) is 0 Å². The van der Waals surface area contributed by atoms with E-state index in [2.05, 4.69) is 41.2 Å². The molecule has 0 amide bonds. The number of hydrogen-bond acceptors (Lipinski definition) is 4. The Labute approximate surface area is 120 Å². The maximum Gasteiger partial charge on any atom is 0.223 e. The summed E-state index contributed by atoms with van der Waals surface area (Å²) < 4.78 is 1.85. The van der Waals surface area contributed by atoms with Gasteiger partial charge in [0.1, 0.15) is 0 Å². The van der Waals surface area contributed by atoms with E-state index < -0.39 is 0 Å². The summed E-state index contributed by atoms with van der Waals surface area (Å²) in [4.78, 5) is 9.01. The van der Waals surface area contributed by atoms with Crippen LogP contribution in [0.3, 0.4) is 0 Å². The summed E-state index contributed by atoms with van der Waals surface area (Å²) in [5.74, 6) is 1.10. The second-order valence-electron chi connectivity index (χ2n) is 5.39. The summed E-state index contributed by atoms with van der Waals surface area (Å²) >= 11 is 0. The monoisotopic (exact) mass is 273 g/mol. The highest BCUT2D eigenvalue weighted by atomic mass is 15.3. The van der Waals surface area contributed by atoms with Crippen LogP contribution in [0.15, 0.2) is 12.3 Å². The highest BCUT2D eigenvalue weighted by molar-refractivity contribution is 5.31. The summed E-state index contributed by atoms with van der Waals surface area (Å²) in [7, 11) is 1.95. The van der Waals surface area contributed by atoms with E-state index in [1.165, 1.54) is 5.56 Å². The van der Waals surface area contributed by atoms with Crippen molar-refractivity contribution in [1.82, 2.24) is 19.7 Å². The van der Waals surface area contributed by atoms with Crippen LogP contribution in [0.4, 0.5) is 5.95 Å². The van der Waals surface area contributed by atoms with Crippen molar-refractivity contribution in [2.75, 3.05) is 5.32 Å². The molecule has 0 radical (unpaired) electrons. The Hall–Kier alpha value is -1.91. The Kier molecular flexibility index (Phi) is 4.37. The molecule has 0 aliphatic rings. The average Bonchev–Trinajstić information content (AvgIpc) is 2.76. The summed E-state index contributed by atoms with van der Waals surface area (Å²) in [5.41, 5.74) is 4.39. The van der Waals surface area contributed by atoms with Crippen LogP contribution in [0.1, 0.15) is 49.3 Å². The minimum Gasteiger partial charge on any atom is -0.350 e. The van der Waals surface area contributed by atoms with E-state index in [1.54, 1.807) is 0 Å². The maximum atomic E-state index is 4.56. The summed E-state index contributed by atoms with van der Waals surface area (Å²) in [6, 6.07) is 2.04. The van der Waals surface area contributed by atoms with Crippen molar-refractivity contribution in [2.24, 2.45) is 7.05 Å². The van der Waals surface area contributed by atoms with Gasteiger partial charge >= 0.3 is 0 Å². The molecule has 0 aliphatic heterocycles. The minimum absolute atomic E-state index is 0.404. The molecule has 0 spiro atoms. The number of nitrogens with one attached hydrogen (secondary N) is 1. The fourth-order valence-electron chi connectivity index (χ4n) is 2.17. The Morgan fingerprint density at radius 2 is 2.05 bits per heavy atom. The zero-order valence-corrected chi connectivity index (χ0v) is 12.9. The lowest BCUT2D eigenvalue weighted by atomic mass is 10.1. The van der Waals surface area contributed by atoms with Crippen molar-refractivity contribution in [3.05, 3.63) is 34.9 Å². The van der Waals surface area contributed by atoms with Crippen molar-refractivity contribution in [3.63, 3.8) is 0 Å². The Morgan fingerprint density at radius 3 is 2.70 bits per heavy atom. The van der Waals surface area contributed by atoms with E-state index in [0.717, 1.165) is 23.5 Å². The molecule has 1 N–H and O–H groups in total. The molecule has 2 rings (SSSR count). The number of aromatic nitrogens is 4. The van der Waals surface area contributed by atoms with Crippen molar-refractivity contribution >= 4 is 5.95 Å². The lowest BCUT2D eigenvalue weighted by Gasteiger charge is -2.10. The lowest BCUT2D eigenvalue weighted by molar-refractivity contribution is 0.746. The Balaban J connectivity index is 2.14. The van der Waals surface area contributed by atoms with Crippen LogP contribution >= 0.6 is 0 Å². The van der Waals surface area contributed by atoms with Crippen molar-refractivity contribution in [2.45, 2.75) is 46.6 Å². The van der Waals surface area contributed by atoms with Gasteiger partial charge in [0, 0.05) is 36.7 Å². The first-order chi connectivity index (χ1) is 9.49. The topological polar surface area (TPSA) is 55.6 Å². The van der Waals surface area contributed by atoms with Crippen LogP contribution in [0, 0.1) is 6.92 Å². The average molecular weight is 273 g/mol. The maximum absolute atomic E-state index is 4.56. The van der Waals surface area contributed by atoms with E-state index in [0.29, 0.717) is 18.4 Å². The van der Waals surface area contributed by atoms with E-state index in [1.807, 2.05) is 30.9 Å². The lowest BCUT2D eigenvalue weighted by Crippen LogP contribution is -2.07. The first kappa shape index (κ1) is 14.5. The van der Waals surface area contributed by atoms with E-state index >= 15 is 0 Å². The largest absolute Gasteiger partial charge is 0.350 e. The van der Waals surface area contributed by atoms with Crippen molar-refractivity contribution < 1.29 is 0 Å². The van der Waals surface area contributed by atoms with Gasteiger partial charge in [0.2, 0.25) is 5.95 Å². The molecule has 0 saturated heterocycles. The third-order valence-electron chi connectivity index (χ3n) is 3.23. The molecule has 2 aromatic heterocycles. The Morgan fingerprint density at radius 1 is 1.30 bits per heavy atom. The molecule has 5 heteroatoms. The predicted octanol–water partition coefficient (Wildman–Crippen LogP) is 2.82. The Bertz CT molecular complexity index is 586. The molecule has 0 atom stereocenters. The molecule has 0 bridgehead atoms. The number of aryl methyl sites for hydroxylation is 3. The van der Waals surface area contributed by atoms with Crippen LogP contribution in [0.25, 0.3) is 0 Å². The van der Waals surface area contributed by atoms with Gasteiger partial charge < -0.3 is 5.32 Å². The predicted molar refractivity (Wildman–Crippen MR) is 80.8 cm³/mol. The second kappa shape index (κ2) is 6.03. The summed E-state index contributed by atoms with van der Waals surface area (Å²) in [5, 5.41) is 7.75. The van der Waals surface area contributed by atoms with Gasteiger partial charge in [-0.1, -0.05) is 20.8 Å². The standard InChI is InChI=1S/C15H23N5/c1-6-13-12(9-20(5)19-13)8-16-15-17-11(4)7-14(18-15)10(2)3/h7,9-10H,6,8H2,1-5H3,(H,16,17,18). The molecule has 108 valence electrons. The van der Waals surface area contributed by atoms with E-state index in [9.17, 15) is 0 Å². The number of nitrogens with zero attached hydrogens (tertiary/aromatic N) is 4. The fraction of sp³-hybridized carbons (Fsp3) is 0.533. The molecule has 0 unspecified atom stereocenters. The number of rotatable bonds is 5. The minimum atomic E-state index is 0.404. The molecule has 0 saturated carbocycles. The second-order valence-corrected chi connectivity index (χ2v) is 5.39. The van der Waals surface area contributed by atoms with Crippen LogP contribution in [-0.4, -0.2) is 19.7 Å². The molecule has 20 heavy (non-hydrogen) atoms. The summed E-state index contributed by atoms with van der Waals surface area (Å²) in [6.45, 7) is 9.11. The van der Waals surface area contributed by atoms with E-state index in [4.69, 9.17) is 0 Å². The quantitative estimate of drug-likeness (QED) is 0.910. The van der Waals surface area contributed by atoms with Gasteiger partial charge in [-0.25, -0.2) is 9.97 Å². The molecule has 0 aromatic carbocycles. The van der Waals surface area contributed by atoms with Gasteiger partial charge in [0.25, 0.3) is 0 Å². The van der Waals surface area contributed by atoms with Crippen LogP contribution in [0.2, 0.25) is 0 Å². The van der Waals surface area contributed by atoms with Crippen LogP contribution in [0.5, 0.6) is 0 Å². The highest BCUT2D eigenvalue weighted by Gasteiger charge is 2.08. The van der Waals surface area contributed by atoms with Gasteiger partial charge in [-0.05, 0) is 25.3 Å². The summed E-state index contributed by atoms with van der Waals surface area (Å²) in [6.07, 6.45) is 2.98. The smallest absolute Gasteiger partial charge is 0.223 e. The molecule has 2 heterocycles. The zero-order chi connectivity index (χ0) is 14.7. The molecule has 0 aliphatic carbocycles. The van der Waals surface area contributed by atoms with Gasteiger partial charge in [-0.15, -0.1) is 0 Å². The van der Waals surface area contributed by atoms with Crippen LogP contribution in [-0.2, 0) is 20.0 Å². The molecule has 2 aromatic rings. The molecule has 0 fully saturated rings. The van der Waals surface area contributed by atoms with Crippen LogP contribution < -0.4 is 5.32 Å². The molecule has 5 nitrogen and oxygen atoms in total. The first-order valence-corrected chi connectivity index (χ1v) is 7.10. The van der Waals surface area contributed by atoms with Crippen molar-refractivity contribution in [3.8, 4) is 0 Å². The van der Waals surface area contributed by atoms with Gasteiger partial charge in [-0.3, -0.25) is 4.68 Å². The first-order valence-electron chi connectivity index (χ1n) is 7.10. The normalized spacial score (nSPS) is 11.1. The zero-order valence-electron chi connectivity index (χ0n) is 12.9. The van der Waals surface area contributed by atoms with E-state index in [-0.39, 0.29) is 0 Å². The fourth-order valence-corrected chi connectivity index (χ4v) is 2.17. The van der Waals surface area contributed by atoms with Gasteiger partial charge in [0.15, 0.2) is 0 Å².